The average molecular weight is 295 g/mol. The maximum atomic E-state index is 9.96. The molecule has 1 fully saturated rings. The smallest absolute Gasteiger partial charge is 0.129 e. The summed E-state index contributed by atoms with van der Waals surface area (Å²) in [5, 5.41) is 28.7. The summed E-state index contributed by atoms with van der Waals surface area (Å²) in [6, 6.07) is 0. The van der Waals surface area contributed by atoms with Crippen LogP contribution < -0.4 is 5.73 Å². The highest BCUT2D eigenvalue weighted by Gasteiger charge is 2.44. The summed E-state index contributed by atoms with van der Waals surface area (Å²) in [4.78, 5) is 0. The van der Waals surface area contributed by atoms with Crippen LogP contribution in [0.15, 0.2) is 0 Å². The Labute approximate surface area is 119 Å². The number of nitrogens with two attached hydrogens (primary N) is 1. The molecule has 1 aliphatic rings. The van der Waals surface area contributed by atoms with Gasteiger partial charge in [-0.3, -0.25) is 0 Å². The lowest BCUT2D eigenvalue weighted by atomic mass is 10.00. The van der Waals surface area contributed by atoms with E-state index in [2.05, 4.69) is 19.6 Å². The Bertz CT molecular complexity index is 258. The first-order valence-electron chi connectivity index (χ1n) is 6.72. The molecule has 0 spiro atoms. The highest BCUT2D eigenvalue weighted by Crippen LogP contribution is 2.26. The summed E-state index contributed by atoms with van der Waals surface area (Å²) in [6.45, 7) is 1.71. The molecular formula is C12H25NO5S. The molecule has 0 radical (unpaired) electrons. The lowest BCUT2D eigenvalue weighted by molar-refractivity contribution is -0.228. The molecule has 0 saturated carbocycles. The summed E-state index contributed by atoms with van der Waals surface area (Å²) < 4.78 is 10.8. The van der Waals surface area contributed by atoms with Crippen LogP contribution in [-0.2, 0) is 9.47 Å². The molecule has 1 aliphatic heterocycles. The van der Waals surface area contributed by atoms with E-state index in [1.54, 1.807) is 0 Å². The van der Waals surface area contributed by atoms with Gasteiger partial charge in [0.1, 0.15) is 36.1 Å². The van der Waals surface area contributed by atoms with Crippen LogP contribution in [0.25, 0.3) is 0 Å². The molecule has 0 aromatic carbocycles. The highest BCUT2D eigenvalue weighted by molar-refractivity contribution is 7.80. The molecule has 1 rings (SSSR count). The number of aliphatic hydroxyl groups excluding tert-OH is 3. The van der Waals surface area contributed by atoms with E-state index >= 15 is 0 Å². The molecule has 0 aromatic heterocycles. The Morgan fingerprint density at radius 3 is 2.58 bits per heavy atom. The zero-order valence-corrected chi connectivity index (χ0v) is 12.1. The van der Waals surface area contributed by atoms with Gasteiger partial charge in [-0.1, -0.05) is 19.8 Å². The predicted octanol–water partition coefficient (Wildman–Crippen LogP) is -0.394. The van der Waals surface area contributed by atoms with Gasteiger partial charge in [0.15, 0.2) is 0 Å². The third-order valence-corrected chi connectivity index (χ3v) is 3.68. The van der Waals surface area contributed by atoms with E-state index in [0.29, 0.717) is 6.42 Å². The van der Waals surface area contributed by atoms with Crippen LogP contribution in [0.5, 0.6) is 0 Å². The van der Waals surface area contributed by atoms with Crippen LogP contribution in [0, 0.1) is 0 Å². The fourth-order valence-electron chi connectivity index (χ4n) is 2.08. The Morgan fingerprint density at radius 1 is 1.32 bits per heavy atom. The van der Waals surface area contributed by atoms with Crippen molar-refractivity contribution in [2.24, 2.45) is 5.73 Å². The first kappa shape index (κ1) is 17.2. The van der Waals surface area contributed by atoms with Gasteiger partial charge in [-0.15, -0.1) is 12.6 Å². The number of hydrogen-bond acceptors (Lipinski definition) is 7. The first-order valence-corrected chi connectivity index (χ1v) is 7.24. The predicted molar refractivity (Wildman–Crippen MR) is 73.7 cm³/mol. The molecule has 0 amide bonds. The number of hydrogen-bond donors (Lipinski definition) is 5. The van der Waals surface area contributed by atoms with Crippen molar-refractivity contribution in [2.45, 2.75) is 68.7 Å². The van der Waals surface area contributed by atoms with E-state index in [1.165, 1.54) is 0 Å². The van der Waals surface area contributed by atoms with Crippen molar-refractivity contribution in [3.8, 4) is 0 Å². The van der Waals surface area contributed by atoms with Gasteiger partial charge in [0.05, 0.1) is 6.61 Å². The second-order valence-corrected chi connectivity index (χ2v) is 5.37. The lowest BCUT2D eigenvalue weighted by Gasteiger charge is -2.41. The van der Waals surface area contributed by atoms with Crippen molar-refractivity contribution in [3.63, 3.8) is 0 Å². The van der Waals surface area contributed by atoms with Crippen molar-refractivity contribution in [1.82, 2.24) is 0 Å². The van der Waals surface area contributed by atoms with Crippen molar-refractivity contribution in [2.75, 3.05) is 6.61 Å². The summed E-state index contributed by atoms with van der Waals surface area (Å²) in [7, 11) is 0. The molecule has 114 valence electrons. The molecule has 7 heteroatoms. The van der Waals surface area contributed by atoms with Gasteiger partial charge in [0.2, 0.25) is 0 Å². The fraction of sp³-hybridized carbons (Fsp3) is 1.00. The topological polar surface area (TPSA) is 105 Å². The second-order valence-electron chi connectivity index (χ2n) is 4.86. The van der Waals surface area contributed by atoms with Gasteiger partial charge in [0.25, 0.3) is 0 Å². The van der Waals surface area contributed by atoms with E-state index in [9.17, 15) is 10.2 Å². The van der Waals surface area contributed by atoms with E-state index < -0.39 is 36.1 Å². The highest BCUT2D eigenvalue weighted by atomic mass is 32.1. The van der Waals surface area contributed by atoms with Gasteiger partial charge >= 0.3 is 0 Å². The van der Waals surface area contributed by atoms with Gasteiger partial charge in [-0.25, -0.2) is 0 Å². The van der Waals surface area contributed by atoms with Crippen LogP contribution in [0.4, 0.5) is 0 Å². The summed E-state index contributed by atoms with van der Waals surface area (Å²) in [5.74, 6) is 0. The molecule has 1 unspecified atom stereocenters. The Morgan fingerprint density at radius 2 is 2.00 bits per heavy atom. The van der Waals surface area contributed by atoms with Crippen LogP contribution >= 0.6 is 12.6 Å². The minimum Gasteiger partial charge on any atom is -0.394 e. The molecule has 1 heterocycles. The largest absolute Gasteiger partial charge is 0.394 e. The van der Waals surface area contributed by atoms with E-state index in [1.807, 2.05) is 0 Å². The van der Waals surface area contributed by atoms with Crippen molar-refractivity contribution in [1.29, 1.82) is 0 Å². The summed E-state index contributed by atoms with van der Waals surface area (Å²) in [5.41, 5.74) is 5.10. The Hall–Kier alpha value is 0.110. The SMILES string of the molecule is CCCCCC(N)O[C@@H]1[C@@H](O)[C@@H](O)[C@@H](CO)O[C@H]1S. The number of aliphatic hydroxyl groups is 3. The number of thiol groups is 1. The normalized spacial score (nSPS) is 37.3. The third-order valence-electron chi connectivity index (χ3n) is 3.27. The van der Waals surface area contributed by atoms with E-state index in [4.69, 9.17) is 20.3 Å². The Balaban J connectivity index is 2.47. The van der Waals surface area contributed by atoms with Gasteiger partial charge in [-0.05, 0) is 12.8 Å². The quantitative estimate of drug-likeness (QED) is 0.249. The van der Waals surface area contributed by atoms with Crippen molar-refractivity contribution in [3.05, 3.63) is 0 Å². The molecule has 19 heavy (non-hydrogen) atoms. The maximum absolute atomic E-state index is 9.96. The molecule has 6 nitrogen and oxygen atoms in total. The maximum Gasteiger partial charge on any atom is 0.129 e. The second kappa shape index (κ2) is 8.41. The van der Waals surface area contributed by atoms with Gasteiger partial charge in [0, 0.05) is 0 Å². The summed E-state index contributed by atoms with van der Waals surface area (Å²) in [6.07, 6.45) is -0.785. The zero-order valence-electron chi connectivity index (χ0n) is 11.2. The van der Waals surface area contributed by atoms with Crippen LogP contribution in [-0.4, -0.2) is 58.0 Å². The number of rotatable bonds is 7. The summed E-state index contributed by atoms with van der Waals surface area (Å²) >= 11 is 4.17. The molecule has 0 aliphatic carbocycles. The molecule has 1 saturated heterocycles. The van der Waals surface area contributed by atoms with Crippen LogP contribution in [0.2, 0.25) is 0 Å². The third kappa shape index (κ3) is 4.86. The minimum atomic E-state index is -1.21. The zero-order chi connectivity index (χ0) is 14.4. The Kier molecular flexibility index (Phi) is 7.60. The van der Waals surface area contributed by atoms with Crippen LogP contribution in [0.3, 0.4) is 0 Å². The van der Waals surface area contributed by atoms with E-state index in [0.717, 1.165) is 19.3 Å². The molecule has 5 N–H and O–H groups in total. The van der Waals surface area contributed by atoms with Crippen LogP contribution in [0.1, 0.15) is 32.6 Å². The van der Waals surface area contributed by atoms with Crippen molar-refractivity contribution < 1.29 is 24.8 Å². The molecule has 0 aromatic rings. The first-order chi connectivity index (χ1) is 9.01. The van der Waals surface area contributed by atoms with Gasteiger partial charge < -0.3 is 30.5 Å². The lowest BCUT2D eigenvalue weighted by Crippen LogP contribution is -2.59. The molecule has 0 bridgehead atoms. The molecule has 6 atom stereocenters. The minimum absolute atomic E-state index is 0.384. The van der Waals surface area contributed by atoms with Gasteiger partial charge in [-0.2, -0.15) is 0 Å². The standard InChI is InChI=1S/C12H25NO5S/c1-2-3-4-5-8(13)18-11-10(16)9(15)7(6-14)17-12(11)19/h7-12,14-16,19H,2-6,13H2,1H3/t7-,8?,9+,10+,11-,12+/m1/s1. The van der Waals surface area contributed by atoms with E-state index in [-0.39, 0.29) is 6.61 Å². The number of ether oxygens (including phenoxy) is 2. The monoisotopic (exact) mass is 295 g/mol. The average Bonchev–Trinajstić information content (AvgIpc) is 2.39. The fourth-order valence-corrected chi connectivity index (χ4v) is 2.49. The molecular weight excluding hydrogens is 270 g/mol. The van der Waals surface area contributed by atoms with Crippen molar-refractivity contribution >= 4 is 12.6 Å². The number of unbranched alkanes of at least 4 members (excludes halogenated alkanes) is 2.